The molecule has 1 N–H and O–H groups in total. The van der Waals surface area contributed by atoms with Crippen LogP contribution in [0.2, 0.25) is 0 Å². The van der Waals surface area contributed by atoms with Gasteiger partial charge in [-0.25, -0.2) is 0 Å². The lowest BCUT2D eigenvalue weighted by Gasteiger charge is -2.26. The Morgan fingerprint density at radius 3 is 2.55 bits per heavy atom. The Morgan fingerprint density at radius 1 is 1.27 bits per heavy atom. The number of likely N-dealkylation sites (tertiary alicyclic amines) is 1. The minimum atomic E-state index is 0.684. The Kier molecular flexibility index (Phi) is 1.52. The van der Waals surface area contributed by atoms with E-state index in [2.05, 4.69) is 19.4 Å². The van der Waals surface area contributed by atoms with E-state index in [0.717, 1.165) is 0 Å². The van der Waals surface area contributed by atoms with Gasteiger partial charge >= 0.3 is 0 Å². The molecule has 2 nitrogen and oxygen atoms in total. The van der Waals surface area contributed by atoms with E-state index in [1.165, 1.54) is 43.5 Å². The van der Waals surface area contributed by atoms with Crippen molar-refractivity contribution in [3.63, 3.8) is 0 Å². The van der Waals surface area contributed by atoms with Crippen LogP contribution in [0.15, 0.2) is 0 Å². The van der Waals surface area contributed by atoms with Gasteiger partial charge in [0.05, 0.1) is 27.2 Å². The third kappa shape index (κ3) is 1.30. The van der Waals surface area contributed by atoms with Gasteiger partial charge in [0.15, 0.2) is 0 Å². The molecule has 64 valence electrons. The van der Waals surface area contributed by atoms with Gasteiger partial charge in [0.2, 0.25) is 0 Å². The summed E-state index contributed by atoms with van der Waals surface area (Å²) >= 11 is 0. The molecule has 2 heterocycles. The Morgan fingerprint density at radius 2 is 2.09 bits per heavy atom. The quantitative estimate of drug-likeness (QED) is 0.501. The average molecular weight is 155 g/mol. The van der Waals surface area contributed by atoms with Gasteiger partial charge in [-0.1, -0.05) is 0 Å². The first-order chi connectivity index (χ1) is 5.12. The van der Waals surface area contributed by atoms with E-state index in [-0.39, 0.29) is 0 Å². The maximum Gasteiger partial charge on any atom is 0.0854 e. The van der Waals surface area contributed by atoms with Crippen LogP contribution in [-0.2, 0) is 0 Å². The van der Waals surface area contributed by atoms with Gasteiger partial charge in [0.25, 0.3) is 0 Å². The molecule has 2 aliphatic rings. The van der Waals surface area contributed by atoms with E-state index >= 15 is 0 Å². The summed E-state index contributed by atoms with van der Waals surface area (Å²) in [6, 6.07) is 0. The lowest BCUT2D eigenvalue weighted by molar-refractivity contribution is -0.880. The molecule has 0 amide bonds. The predicted molar refractivity (Wildman–Crippen MR) is 46.4 cm³/mol. The molecule has 0 saturated carbocycles. The molecule has 0 aromatic carbocycles. The molecular weight excluding hydrogens is 136 g/mol. The van der Waals surface area contributed by atoms with Crippen molar-refractivity contribution in [2.24, 2.45) is 5.41 Å². The molecule has 0 aliphatic carbocycles. The standard InChI is InChI=1S/C9H19N2/c1-11(2)6-4-9(8-11)3-5-10-7-9/h10H,3-8H2,1-2H3/q+1. The van der Waals surface area contributed by atoms with Crippen molar-refractivity contribution in [3.05, 3.63) is 0 Å². The zero-order chi connectivity index (χ0) is 7.95. The maximum atomic E-state index is 3.48. The summed E-state index contributed by atoms with van der Waals surface area (Å²) in [6.07, 6.45) is 2.85. The summed E-state index contributed by atoms with van der Waals surface area (Å²) in [5.74, 6) is 0. The summed E-state index contributed by atoms with van der Waals surface area (Å²) in [5.41, 5.74) is 0.684. The van der Waals surface area contributed by atoms with Crippen molar-refractivity contribution in [1.82, 2.24) is 5.32 Å². The van der Waals surface area contributed by atoms with Crippen molar-refractivity contribution in [2.45, 2.75) is 12.8 Å². The average Bonchev–Trinajstić information content (AvgIpc) is 2.43. The second-order valence-electron chi connectivity index (χ2n) is 4.99. The van der Waals surface area contributed by atoms with Crippen LogP contribution in [-0.4, -0.2) is 44.8 Å². The van der Waals surface area contributed by atoms with Crippen LogP contribution < -0.4 is 5.32 Å². The first-order valence-electron chi connectivity index (χ1n) is 4.65. The van der Waals surface area contributed by atoms with Gasteiger partial charge in [-0.3, -0.25) is 0 Å². The molecule has 2 fully saturated rings. The van der Waals surface area contributed by atoms with Gasteiger partial charge in [-0.2, -0.15) is 0 Å². The second kappa shape index (κ2) is 2.20. The first kappa shape index (κ1) is 7.56. The summed E-state index contributed by atoms with van der Waals surface area (Å²) in [7, 11) is 4.71. The van der Waals surface area contributed by atoms with Crippen molar-refractivity contribution in [2.75, 3.05) is 40.3 Å². The zero-order valence-electron chi connectivity index (χ0n) is 7.69. The lowest BCUT2D eigenvalue weighted by atomic mass is 9.86. The smallest absolute Gasteiger partial charge is 0.0854 e. The van der Waals surface area contributed by atoms with Gasteiger partial charge in [0.1, 0.15) is 0 Å². The Balaban J connectivity index is 2.07. The second-order valence-corrected chi connectivity index (χ2v) is 4.99. The molecule has 0 radical (unpaired) electrons. The highest BCUT2D eigenvalue weighted by Gasteiger charge is 2.45. The molecule has 0 bridgehead atoms. The monoisotopic (exact) mass is 155 g/mol. The zero-order valence-corrected chi connectivity index (χ0v) is 7.69. The van der Waals surface area contributed by atoms with Gasteiger partial charge in [-0.05, 0) is 13.0 Å². The van der Waals surface area contributed by atoms with Crippen molar-refractivity contribution in [1.29, 1.82) is 0 Å². The van der Waals surface area contributed by atoms with Crippen molar-refractivity contribution in [3.8, 4) is 0 Å². The summed E-state index contributed by atoms with van der Waals surface area (Å²) in [6.45, 7) is 5.29. The number of nitrogens with one attached hydrogen (secondary N) is 1. The summed E-state index contributed by atoms with van der Waals surface area (Å²) < 4.78 is 1.24. The molecule has 2 rings (SSSR count). The SMILES string of the molecule is C[N+]1(C)CCC2(CCNC2)C1. The lowest BCUT2D eigenvalue weighted by Crippen LogP contribution is -2.39. The fourth-order valence-electron chi connectivity index (χ4n) is 2.75. The number of hydrogen-bond acceptors (Lipinski definition) is 1. The topological polar surface area (TPSA) is 12.0 Å². The fraction of sp³-hybridized carbons (Fsp3) is 1.00. The van der Waals surface area contributed by atoms with E-state index in [1.54, 1.807) is 0 Å². The molecule has 1 spiro atoms. The van der Waals surface area contributed by atoms with E-state index in [4.69, 9.17) is 0 Å². The highest BCUT2D eigenvalue weighted by molar-refractivity contribution is 4.90. The molecule has 2 aliphatic heterocycles. The normalized spacial score (nSPS) is 42.0. The number of nitrogens with zero attached hydrogens (tertiary/aromatic N) is 1. The van der Waals surface area contributed by atoms with Crippen LogP contribution in [0.4, 0.5) is 0 Å². The molecule has 1 unspecified atom stereocenters. The van der Waals surface area contributed by atoms with Gasteiger partial charge in [-0.15, -0.1) is 0 Å². The minimum absolute atomic E-state index is 0.684. The predicted octanol–water partition coefficient (Wildman–Crippen LogP) is 0.446. The molecule has 0 aromatic heterocycles. The number of hydrogen-bond donors (Lipinski definition) is 1. The van der Waals surface area contributed by atoms with Crippen LogP contribution in [0, 0.1) is 5.41 Å². The molecular formula is C9H19N2+. The van der Waals surface area contributed by atoms with Crippen LogP contribution in [0.25, 0.3) is 0 Å². The highest BCUT2D eigenvalue weighted by atomic mass is 15.3. The van der Waals surface area contributed by atoms with E-state index in [0.29, 0.717) is 5.41 Å². The molecule has 2 heteroatoms. The third-order valence-electron chi connectivity index (χ3n) is 3.34. The molecule has 2 saturated heterocycles. The largest absolute Gasteiger partial charge is 0.328 e. The minimum Gasteiger partial charge on any atom is -0.328 e. The molecule has 1 atom stereocenters. The Bertz CT molecular complexity index is 157. The van der Waals surface area contributed by atoms with E-state index in [9.17, 15) is 0 Å². The maximum absolute atomic E-state index is 3.48. The number of quaternary nitrogens is 1. The van der Waals surface area contributed by atoms with Crippen molar-refractivity contribution < 1.29 is 4.48 Å². The molecule has 0 aromatic rings. The Labute approximate surface area is 69.2 Å². The van der Waals surface area contributed by atoms with E-state index in [1.807, 2.05) is 0 Å². The van der Waals surface area contributed by atoms with Crippen molar-refractivity contribution >= 4 is 0 Å². The van der Waals surface area contributed by atoms with Gasteiger partial charge < -0.3 is 9.80 Å². The van der Waals surface area contributed by atoms with Crippen LogP contribution >= 0.6 is 0 Å². The van der Waals surface area contributed by atoms with E-state index < -0.39 is 0 Å². The first-order valence-corrected chi connectivity index (χ1v) is 4.65. The van der Waals surface area contributed by atoms with Gasteiger partial charge in [0, 0.05) is 18.4 Å². The fourth-order valence-corrected chi connectivity index (χ4v) is 2.75. The highest BCUT2D eigenvalue weighted by Crippen LogP contribution is 2.37. The Hall–Kier alpha value is -0.0800. The summed E-state index contributed by atoms with van der Waals surface area (Å²) in [5, 5.41) is 3.48. The van der Waals surface area contributed by atoms with Crippen LogP contribution in [0.3, 0.4) is 0 Å². The summed E-state index contributed by atoms with van der Waals surface area (Å²) in [4.78, 5) is 0. The molecule has 11 heavy (non-hydrogen) atoms. The van der Waals surface area contributed by atoms with Crippen LogP contribution in [0.1, 0.15) is 12.8 Å². The van der Waals surface area contributed by atoms with Crippen LogP contribution in [0.5, 0.6) is 0 Å². The third-order valence-corrected chi connectivity index (χ3v) is 3.34. The number of rotatable bonds is 0.